The highest BCUT2D eigenvalue weighted by atomic mass is 35.5. The van der Waals surface area contributed by atoms with Gasteiger partial charge in [-0.3, -0.25) is 0 Å². The van der Waals surface area contributed by atoms with Crippen LogP contribution in [-0.4, -0.2) is 14.6 Å². The average molecular weight is 361 g/mol. The van der Waals surface area contributed by atoms with Gasteiger partial charge in [0.25, 0.3) is 0 Å². The van der Waals surface area contributed by atoms with Gasteiger partial charge >= 0.3 is 0 Å². The number of nitrogens with zero attached hydrogens (tertiary/aromatic N) is 4. The third-order valence-corrected chi connectivity index (χ3v) is 4.35. The van der Waals surface area contributed by atoms with Crippen molar-refractivity contribution in [3.8, 4) is 16.9 Å². The van der Waals surface area contributed by atoms with E-state index >= 15 is 0 Å². The van der Waals surface area contributed by atoms with Gasteiger partial charge < -0.3 is 4.74 Å². The third kappa shape index (κ3) is 2.99. The zero-order valence-corrected chi connectivity index (χ0v) is 14.4. The van der Waals surface area contributed by atoms with Crippen LogP contribution < -0.4 is 4.74 Å². The van der Waals surface area contributed by atoms with Crippen molar-refractivity contribution in [3.63, 3.8) is 0 Å². The first kappa shape index (κ1) is 16.1. The smallest absolute Gasteiger partial charge is 0.250 e. The molecule has 126 valence electrons. The maximum Gasteiger partial charge on any atom is 0.250 e. The highest BCUT2D eigenvalue weighted by Crippen LogP contribution is 2.31. The van der Waals surface area contributed by atoms with Crippen LogP contribution in [0.2, 0.25) is 5.15 Å². The maximum absolute atomic E-state index is 7.13. The lowest BCUT2D eigenvalue weighted by Gasteiger charge is -2.09. The van der Waals surface area contributed by atoms with Crippen LogP contribution in [0, 0.1) is 6.57 Å². The Morgan fingerprint density at radius 2 is 1.81 bits per heavy atom. The Labute approximate surface area is 155 Å². The van der Waals surface area contributed by atoms with Gasteiger partial charge in [0.05, 0.1) is 12.8 Å². The zero-order chi connectivity index (χ0) is 17.9. The van der Waals surface area contributed by atoms with Crippen LogP contribution in [0.25, 0.3) is 21.6 Å². The first-order valence-corrected chi connectivity index (χ1v) is 8.31. The summed E-state index contributed by atoms with van der Waals surface area (Å²) in [5.41, 5.74) is 3.59. The molecule has 0 spiro atoms. The van der Waals surface area contributed by atoms with Crippen molar-refractivity contribution in [2.75, 3.05) is 0 Å². The monoisotopic (exact) mass is 360 g/mol. The molecule has 0 bridgehead atoms. The van der Waals surface area contributed by atoms with Crippen molar-refractivity contribution in [2.45, 2.75) is 6.61 Å². The lowest BCUT2D eigenvalue weighted by atomic mass is 10.1. The van der Waals surface area contributed by atoms with Crippen LogP contribution in [-0.2, 0) is 6.61 Å². The molecule has 2 heterocycles. The molecule has 0 fully saturated rings. The van der Waals surface area contributed by atoms with E-state index in [1.165, 1.54) is 10.7 Å². The summed E-state index contributed by atoms with van der Waals surface area (Å²) >= 11 is 6.45. The minimum Gasteiger partial charge on any atom is -0.489 e. The molecule has 4 aromatic rings. The number of rotatable bonds is 4. The Hall–Kier alpha value is -3.36. The molecule has 0 aliphatic rings. The van der Waals surface area contributed by atoms with E-state index in [1.54, 1.807) is 6.20 Å². The molecule has 0 radical (unpaired) electrons. The normalized spacial score (nSPS) is 10.6. The van der Waals surface area contributed by atoms with E-state index in [9.17, 15) is 0 Å². The molecule has 0 atom stereocenters. The Bertz CT molecular complexity index is 1100. The van der Waals surface area contributed by atoms with Crippen molar-refractivity contribution in [1.29, 1.82) is 0 Å². The summed E-state index contributed by atoms with van der Waals surface area (Å²) in [6.07, 6.45) is 3.12. The van der Waals surface area contributed by atoms with E-state index in [0.29, 0.717) is 23.1 Å². The molecule has 0 saturated carbocycles. The zero-order valence-electron chi connectivity index (χ0n) is 13.6. The van der Waals surface area contributed by atoms with Gasteiger partial charge in [0, 0.05) is 11.8 Å². The third-order valence-electron chi connectivity index (χ3n) is 3.98. The Kier molecular flexibility index (Phi) is 4.26. The summed E-state index contributed by atoms with van der Waals surface area (Å²) in [7, 11) is 0. The van der Waals surface area contributed by atoms with Gasteiger partial charge in [-0.1, -0.05) is 54.1 Å². The fraction of sp³-hybridized carbons (Fsp3) is 0.0500. The quantitative estimate of drug-likeness (QED) is 0.372. The Morgan fingerprint density at radius 3 is 2.54 bits per heavy atom. The number of hydrogen-bond acceptors (Lipinski definition) is 3. The Balaban J connectivity index is 1.58. The number of ether oxygens (including phenoxy) is 1. The number of aromatic nitrogens is 3. The molecular weight excluding hydrogens is 348 g/mol. The van der Waals surface area contributed by atoms with Crippen molar-refractivity contribution in [1.82, 2.24) is 14.6 Å². The second kappa shape index (κ2) is 6.87. The summed E-state index contributed by atoms with van der Waals surface area (Å²) in [6, 6.07) is 17.6. The van der Waals surface area contributed by atoms with Crippen LogP contribution in [0.1, 0.15) is 5.56 Å². The number of halogens is 1. The van der Waals surface area contributed by atoms with E-state index in [1.807, 2.05) is 54.6 Å². The van der Waals surface area contributed by atoms with Crippen molar-refractivity contribution >= 4 is 22.9 Å². The minimum atomic E-state index is 0.378. The number of benzene rings is 2. The fourth-order valence-corrected chi connectivity index (χ4v) is 2.92. The molecule has 0 N–H and O–H groups in total. The molecule has 26 heavy (non-hydrogen) atoms. The topological polar surface area (TPSA) is 43.8 Å². The SMILES string of the molecule is [C-]#[N+]c1cnn2c(Cl)c(-c3ccc(OCc4ccccc4)cc3)cnc12. The first-order valence-electron chi connectivity index (χ1n) is 7.93. The molecule has 0 unspecified atom stereocenters. The van der Waals surface area contributed by atoms with E-state index in [0.717, 1.165) is 22.4 Å². The summed E-state index contributed by atoms with van der Waals surface area (Å²) in [6.45, 7) is 7.65. The van der Waals surface area contributed by atoms with Crippen molar-refractivity contribution in [2.24, 2.45) is 0 Å². The van der Waals surface area contributed by atoms with Crippen LogP contribution in [0.3, 0.4) is 0 Å². The molecule has 0 saturated heterocycles. The predicted molar refractivity (Wildman–Crippen MR) is 100 cm³/mol. The molecule has 0 aliphatic carbocycles. The molecule has 2 aromatic heterocycles. The second-order valence-electron chi connectivity index (χ2n) is 5.64. The summed E-state index contributed by atoms with van der Waals surface area (Å²) < 4.78 is 7.28. The molecule has 4 rings (SSSR count). The average Bonchev–Trinajstić information content (AvgIpc) is 3.12. The highest BCUT2D eigenvalue weighted by Gasteiger charge is 2.13. The van der Waals surface area contributed by atoms with E-state index < -0.39 is 0 Å². The number of hydrogen-bond donors (Lipinski definition) is 0. The predicted octanol–water partition coefficient (Wildman–Crippen LogP) is 5.18. The standard InChI is InChI=1S/C20H13ClN4O/c1-22-18-12-24-25-19(21)17(11-23-20(18)25)15-7-9-16(10-8-15)26-13-14-5-3-2-4-6-14/h2-12H,13H2. The van der Waals surface area contributed by atoms with Gasteiger partial charge in [-0.25, -0.2) is 14.3 Å². The molecule has 5 nitrogen and oxygen atoms in total. The van der Waals surface area contributed by atoms with Crippen LogP contribution >= 0.6 is 11.6 Å². The lowest BCUT2D eigenvalue weighted by Crippen LogP contribution is -1.96. The van der Waals surface area contributed by atoms with Gasteiger partial charge in [0.2, 0.25) is 5.69 Å². The van der Waals surface area contributed by atoms with E-state index in [-0.39, 0.29) is 0 Å². The molecule has 0 aliphatic heterocycles. The van der Waals surface area contributed by atoms with Crippen LogP contribution in [0.4, 0.5) is 5.69 Å². The van der Waals surface area contributed by atoms with E-state index in [4.69, 9.17) is 22.9 Å². The van der Waals surface area contributed by atoms with Gasteiger partial charge in [-0.15, -0.1) is 0 Å². The summed E-state index contributed by atoms with van der Waals surface area (Å²) in [4.78, 5) is 7.71. The summed E-state index contributed by atoms with van der Waals surface area (Å²) in [5, 5.41) is 4.56. The highest BCUT2D eigenvalue weighted by molar-refractivity contribution is 6.32. The molecular formula is C20H13ClN4O. The largest absolute Gasteiger partial charge is 0.489 e. The van der Waals surface area contributed by atoms with Crippen LogP contribution in [0.15, 0.2) is 67.0 Å². The van der Waals surface area contributed by atoms with Gasteiger partial charge in [-0.05, 0) is 23.3 Å². The summed E-state index contributed by atoms with van der Waals surface area (Å²) in [5.74, 6) is 0.775. The van der Waals surface area contributed by atoms with Gasteiger partial charge in [0.1, 0.15) is 17.5 Å². The van der Waals surface area contributed by atoms with Gasteiger partial charge in [0.15, 0.2) is 5.65 Å². The van der Waals surface area contributed by atoms with Crippen LogP contribution in [0.5, 0.6) is 5.75 Å². The lowest BCUT2D eigenvalue weighted by molar-refractivity contribution is 0.306. The molecule has 0 amide bonds. The number of fused-ring (bicyclic) bond motifs is 1. The van der Waals surface area contributed by atoms with E-state index in [2.05, 4.69) is 14.9 Å². The molecule has 2 aromatic carbocycles. The van der Waals surface area contributed by atoms with Gasteiger partial charge in [-0.2, -0.15) is 5.10 Å². The van der Waals surface area contributed by atoms with Crippen molar-refractivity contribution in [3.05, 3.63) is 89.1 Å². The van der Waals surface area contributed by atoms with Crippen molar-refractivity contribution < 1.29 is 4.74 Å². The second-order valence-corrected chi connectivity index (χ2v) is 6.00. The first-order chi connectivity index (χ1) is 12.8. The maximum atomic E-state index is 7.13. The Morgan fingerprint density at radius 1 is 1.04 bits per heavy atom. The minimum absolute atomic E-state index is 0.378. The fourth-order valence-electron chi connectivity index (χ4n) is 2.64. The molecule has 6 heteroatoms.